The van der Waals surface area contributed by atoms with Crippen molar-refractivity contribution < 1.29 is 14.3 Å². The second-order valence-electron chi connectivity index (χ2n) is 4.53. The molecule has 4 nitrogen and oxygen atoms in total. The van der Waals surface area contributed by atoms with Gasteiger partial charge < -0.3 is 4.74 Å². The molecule has 0 spiro atoms. The lowest BCUT2D eigenvalue weighted by molar-refractivity contribution is -0.137. The minimum absolute atomic E-state index is 0.0296. The van der Waals surface area contributed by atoms with E-state index in [0.717, 1.165) is 19.3 Å². The first-order valence-corrected chi connectivity index (χ1v) is 5.64. The molecule has 2 aliphatic rings. The van der Waals surface area contributed by atoms with Gasteiger partial charge in [-0.3, -0.25) is 14.9 Å². The van der Waals surface area contributed by atoms with Crippen LogP contribution >= 0.6 is 0 Å². The Kier molecular flexibility index (Phi) is 3.05. The molecule has 4 heteroatoms. The average molecular weight is 211 g/mol. The van der Waals surface area contributed by atoms with Gasteiger partial charge in [-0.2, -0.15) is 0 Å². The number of imide groups is 1. The summed E-state index contributed by atoms with van der Waals surface area (Å²) in [5.74, 6) is -0.288. The highest BCUT2D eigenvalue weighted by molar-refractivity contribution is 5.98. The molecule has 0 aliphatic carbocycles. The Morgan fingerprint density at radius 3 is 2.73 bits per heavy atom. The standard InChI is InChI=1S/C11H17NO3/c1-7-2-4-9(15-7)6-8-3-5-10(13)12-11(8)14/h7-9H,2-6H2,1H3,(H,12,13,14). The highest BCUT2D eigenvalue weighted by Gasteiger charge is 2.31. The zero-order chi connectivity index (χ0) is 10.8. The predicted octanol–water partition coefficient (Wildman–Crippen LogP) is 0.997. The molecule has 0 saturated carbocycles. The summed E-state index contributed by atoms with van der Waals surface area (Å²) in [4.78, 5) is 22.4. The Bertz CT molecular complexity index is 277. The van der Waals surface area contributed by atoms with Crippen molar-refractivity contribution in [3.63, 3.8) is 0 Å². The van der Waals surface area contributed by atoms with Gasteiger partial charge in [0.2, 0.25) is 11.8 Å². The molecule has 84 valence electrons. The molecule has 1 N–H and O–H groups in total. The molecular weight excluding hydrogens is 194 g/mol. The molecule has 2 saturated heterocycles. The fraction of sp³-hybridized carbons (Fsp3) is 0.818. The van der Waals surface area contributed by atoms with Crippen LogP contribution in [0, 0.1) is 5.92 Å². The maximum Gasteiger partial charge on any atom is 0.229 e. The molecule has 2 fully saturated rings. The van der Waals surface area contributed by atoms with Crippen LogP contribution < -0.4 is 5.32 Å². The Balaban J connectivity index is 1.84. The van der Waals surface area contributed by atoms with Crippen LogP contribution in [0.2, 0.25) is 0 Å². The van der Waals surface area contributed by atoms with Gasteiger partial charge in [0.15, 0.2) is 0 Å². The van der Waals surface area contributed by atoms with Gasteiger partial charge in [-0.25, -0.2) is 0 Å². The second-order valence-corrected chi connectivity index (χ2v) is 4.53. The molecule has 0 bridgehead atoms. The highest BCUT2D eigenvalue weighted by Crippen LogP contribution is 2.27. The number of piperidine rings is 1. The summed E-state index contributed by atoms with van der Waals surface area (Å²) in [6, 6.07) is 0. The van der Waals surface area contributed by atoms with Crippen LogP contribution in [0.1, 0.15) is 39.0 Å². The number of carbonyl (C=O) groups excluding carboxylic acids is 2. The van der Waals surface area contributed by atoms with Gasteiger partial charge in [0.05, 0.1) is 12.2 Å². The SMILES string of the molecule is CC1CCC(CC2CCC(=O)NC2=O)O1. The van der Waals surface area contributed by atoms with Gasteiger partial charge in [0.25, 0.3) is 0 Å². The zero-order valence-electron chi connectivity index (χ0n) is 8.99. The minimum atomic E-state index is -0.142. The third-order valence-electron chi connectivity index (χ3n) is 3.22. The van der Waals surface area contributed by atoms with Gasteiger partial charge >= 0.3 is 0 Å². The summed E-state index contributed by atoms with van der Waals surface area (Å²) in [6.07, 6.45) is 4.57. The number of ether oxygens (including phenoxy) is 1. The normalized spacial score (nSPS) is 36.7. The monoisotopic (exact) mass is 211 g/mol. The van der Waals surface area contributed by atoms with E-state index < -0.39 is 0 Å². The molecule has 15 heavy (non-hydrogen) atoms. The number of hydrogen-bond acceptors (Lipinski definition) is 3. The average Bonchev–Trinajstić information content (AvgIpc) is 2.56. The summed E-state index contributed by atoms with van der Waals surface area (Å²) in [5.41, 5.74) is 0. The quantitative estimate of drug-likeness (QED) is 0.693. The zero-order valence-corrected chi connectivity index (χ0v) is 8.99. The largest absolute Gasteiger partial charge is 0.375 e. The number of hydrogen-bond donors (Lipinski definition) is 1. The van der Waals surface area contributed by atoms with Gasteiger partial charge in [0.1, 0.15) is 0 Å². The summed E-state index contributed by atoms with van der Waals surface area (Å²) in [6.45, 7) is 2.06. The highest BCUT2D eigenvalue weighted by atomic mass is 16.5. The van der Waals surface area contributed by atoms with Gasteiger partial charge in [-0.1, -0.05) is 0 Å². The summed E-state index contributed by atoms with van der Waals surface area (Å²) < 4.78 is 5.67. The van der Waals surface area contributed by atoms with Crippen LogP contribution in [0.3, 0.4) is 0 Å². The number of rotatable bonds is 2. The summed E-state index contributed by atoms with van der Waals surface area (Å²) in [5, 5.41) is 2.38. The van der Waals surface area contributed by atoms with Crippen LogP contribution in [-0.2, 0) is 14.3 Å². The smallest absolute Gasteiger partial charge is 0.229 e. The van der Waals surface area contributed by atoms with E-state index in [1.807, 2.05) is 0 Å². The fourth-order valence-electron chi connectivity index (χ4n) is 2.34. The first-order chi connectivity index (χ1) is 7.15. The molecule has 3 unspecified atom stereocenters. The van der Waals surface area contributed by atoms with E-state index in [4.69, 9.17) is 4.74 Å². The Labute approximate surface area is 89.4 Å². The Morgan fingerprint density at radius 2 is 2.13 bits per heavy atom. The van der Waals surface area contributed by atoms with E-state index in [1.165, 1.54) is 0 Å². The van der Waals surface area contributed by atoms with E-state index in [0.29, 0.717) is 18.9 Å². The van der Waals surface area contributed by atoms with Crippen molar-refractivity contribution in [2.24, 2.45) is 5.92 Å². The number of nitrogens with one attached hydrogen (secondary N) is 1. The molecular formula is C11H17NO3. The van der Waals surface area contributed by atoms with Crippen LogP contribution in [-0.4, -0.2) is 24.0 Å². The summed E-state index contributed by atoms with van der Waals surface area (Å²) >= 11 is 0. The number of amides is 2. The topological polar surface area (TPSA) is 55.4 Å². The lowest BCUT2D eigenvalue weighted by Gasteiger charge is -2.23. The molecule has 3 atom stereocenters. The van der Waals surface area contributed by atoms with Crippen LogP contribution in [0.5, 0.6) is 0 Å². The van der Waals surface area contributed by atoms with Crippen molar-refractivity contribution in [2.45, 2.75) is 51.2 Å². The molecule has 0 aromatic rings. The van der Waals surface area contributed by atoms with E-state index in [2.05, 4.69) is 12.2 Å². The Hall–Kier alpha value is -0.900. The predicted molar refractivity (Wildman–Crippen MR) is 54.1 cm³/mol. The molecule has 2 rings (SSSR count). The molecule has 0 aromatic heterocycles. The lowest BCUT2D eigenvalue weighted by atomic mass is 9.91. The number of carbonyl (C=O) groups is 2. The van der Waals surface area contributed by atoms with Crippen LogP contribution in [0.4, 0.5) is 0 Å². The van der Waals surface area contributed by atoms with Crippen LogP contribution in [0.15, 0.2) is 0 Å². The summed E-state index contributed by atoms with van der Waals surface area (Å²) in [7, 11) is 0. The maximum atomic E-state index is 11.5. The third kappa shape index (κ3) is 2.56. The van der Waals surface area contributed by atoms with Gasteiger partial charge in [0, 0.05) is 12.3 Å². The van der Waals surface area contributed by atoms with Crippen molar-refractivity contribution in [3.8, 4) is 0 Å². The van der Waals surface area contributed by atoms with Crippen molar-refractivity contribution in [1.29, 1.82) is 0 Å². The lowest BCUT2D eigenvalue weighted by Crippen LogP contribution is -2.41. The van der Waals surface area contributed by atoms with Crippen molar-refractivity contribution in [2.75, 3.05) is 0 Å². The van der Waals surface area contributed by atoms with E-state index >= 15 is 0 Å². The van der Waals surface area contributed by atoms with Gasteiger partial charge in [-0.15, -0.1) is 0 Å². The van der Waals surface area contributed by atoms with E-state index in [9.17, 15) is 9.59 Å². The van der Waals surface area contributed by atoms with E-state index in [1.54, 1.807) is 0 Å². The van der Waals surface area contributed by atoms with Crippen molar-refractivity contribution in [1.82, 2.24) is 5.32 Å². The van der Waals surface area contributed by atoms with Gasteiger partial charge in [-0.05, 0) is 32.6 Å². The third-order valence-corrected chi connectivity index (χ3v) is 3.22. The van der Waals surface area contributed by atoms with Crippen molar-refractivity contribution >= 4 is 11.8 Å². The van der Waals surface area contributed by atoms with Crippen LogP contribution in [0.25, 0.3) is 0 Å². The van der Waals surface area contributed by atoms with E-state index in [-0.39, 0.29) is 23.8 Å². The fourth-order valence-corrected chi connectivity index (χ4v) is 2.34. The first kappa shape index (κ1) is 10.6. The molecule has 0 aromatic carbocycles. The molecule has 2 amide bonds. The minimum Gasteiger partial charge on any atom is -0.375 e. The molecule has 2 heterocycles. The first-order valence-electron chi connectivity index (χ1n) is 5.64. The van der Waals surface area contributed by atoms with Crippen molar-refractivity contribution in [3.05, 3.63) is 0 Å². The molecule has 2 aliphatic heterocycles. The maximum absolute atomic E-state index is 11.5. The Morgan fingerprint density at radius 1 is 1.33 bits per heavy atom. The molecule has 0 radical (unpaired) electrons. The second kappa shape index (κ2) is 4.31.